The van der Waals surface area contributed by atoms with Crippen molar-refractivity contribution in [1.29, 1.82) is 0 Å². The molecule has 0 spiro atoms. The number of nitrogens with two attached hydrogens (primary N) is 2. The van der Waals surface area contributed by atoms with Crippen LogP contribution >= 0.6 is 0 Å². The molecule has 1 aromatic carbocycles. The maximum atomic E-state index is 11.2. The van der Waals surface area contributed by atoms with E-state index in [1.165, 1.54) is 0 Å². The number of hydrogen-bond donors (Lipinski definition) is 2. The molecule has 0 bridgehead atoms. The molecular weight excluding hydrogens is 216 g/mol. The average molecular weight is 236 g/mol. The first-order valence-electron chi connectivity index (χ1n) is 5.68. The fourth-order valence-electron chi connectivity index (χ4n) is 1.30. The molecule has 4 N–H and O–H groups in total. The zero-order valence-electron chi connectivity index (χ0n) is 10.6. The highest BCUT2D eigenvalue weighted by molar-refractivity contribution is 5.95. The number of benzene rings is 1. The molecule has 0 radical (unpaired) electrons. The van der Waals surface area contributed by atoms with Crippen molar-refractivity contribution >= 4 is 5.91 Å². The van der Waals surface area contributed by atoms with Gasteiger partial charge in [0, 0.05) is 5.54 Å². The summed E-state index contributed by atoms with van der Waals surface area (Å²) in [7, 11) is 0. The minimum atomic E-state index is -0.491. The van der Waals surface area contributed by atoms with Crippen LogP contribution in [0.25, 0.3) is 0 Å². The van der Waals surface area contributed by atoms with Crippen molar-refractivity contribution in [2.24, 2.45) is 11.5 Å². The van der Waals surface area contributed by atoms with Crippen LogP contribution in [-0.4, -0.2) is 18.1 Å². The third-order valence-corrected chi connectivity index (χ3v) is 2.77. The molecule has 94 valence electrons. The van der Waals surface area contributed by atoms with E-state index in [0.29, 0.717) is 17.9 Å². The second-order valence-corrected chi connectivity index (χ2v) is 4.66. The van der Waals surface area contributed by atoms with Gasteiger partial charge in [-0.15, -0.1) is 0 Å². The predicted molar refractivity (Wildman–Crippen MR) is 68.1 cm³/mol. The lowest BCUT2D eigenvalue weighted by Gasteiger charge is -2.23. The van der Waals surface area contributed by atoms with Gasteiger partial charge in [-0.1, -0.05) is 13.0 Å². The zero-order valence-corrected chi connectivity index (χ0v) is 10.6. The van der Waals surface area contributed by atoms with Gasteiger partial charge in [-0.3, -0.25) is 4.79 Å². The van der Waals surface area contributed by atoms with Crippen LogP contribution in [0.15, 0.2) is 18.2 Å². The van der Waals surface area contributed by atoms with Gasteiger partial charge in [0.25, 0.3) is 5.91 Å². The summed E-state index contributed by atoms with van der Waals surface area (Å²) in [6.07, 6.45) is 0.796. The summed E-state index contributed by atoms with van der Waals surface area (Å²) in [5.41, 5.74) is 12.3. The maximum absolute atomic E-state index is 11.2. The second-order valence-electron chi connectivity index (χ2n) is 4.66. The second kappa shape index (κ2) is 5.19. The Hall–Kier alpha value is -1.55. The monoisotopic (exact) mass is 236 g/mol. The molecule has 0 saturated heterocycles. The van der Waals surface area contributed by atoms with E-state index in [-0.39, 0.29) is 0 Å². The third-order valence-electron chi connectivity index (χ3n) is 2.77. The van der Waals surface area contributed by atoms with E-state index in [2.05, 4.69) is 0 Å². The summed E-state index contributed by atoms with van der Waals surface area (Å²) in [4.78, 5) is 11.2. The fraction of sp³-hybridized carbons (Fsp3) is 0.462. The number of ether oxygens (including phenoxy) is 1. The van der Waals surface area contributed by atoms with Gasteiger partial charge in [0.15, 0.2) is 0 Å². The lowest BCUT2D eigenvalue weighted by molar-refractivity contribution is 0.0994. The summed E-state index contributed by atoms with van der Waals surface area (Å²) in [6.45, 7) is 6.19. The van der Waals surface area contributed by atoms with Crippen molar-refractivity contribution in [1.82, 2.24) is 0 Å². The van der Waals surface area contributed by atoms with E-state index < -0.39 is 11.4 Å². The lowest BCUT2D eigenvalue weighted by Crippen LogP contribution is -2.41. The maximum Gasteiger partial charge on any atom is 0.252 e. The molecule has 0 aliphatic carbocycles. The van der Waals surface area contributed by atoms with Crippen LogP contribution in [0.3, 0.4) is 0 Å². The Bertz CT molecular complexity index is 414. The minimum absolute atomic E-state index is 0.354. The first-order valence-corrected chi connectivity index (χ1v) is 5.68. The van der Waals surface area contributed by atoms with Crippen molar-refractivity contribution in [2.45, 2.75) is 32.7 Å². The highest BCUT2D eigenvalue weighted by Gasteiger charge is 2.18. The van der Waals surface area contributed by atoms with Crippen molar-refractivity contribution in [3.8, 4) is 5.75 Å². The molecule has 1 unspecified atom stereocenters. The van der Waals surface area contributed by atoms with Crippen molar-refractivity contribution in [2.75, 3.05) is 6.61 Å². The molecule has 1 rings (SSSR count). The summed E-state index contributed by atoms with van der Waals surface area (Å²) in [6, 6.07) is 5.30. The van der Waals surface area contributed by atoms with E-state index in [1.807, 2.05) is 26.8 Å². The van der Waals surface area contributed by atoms with E-state index in [1.54, 1.807) is 12.1 Å². The van der Waals surface area contributed by atoms with Gasteiger partial charge in [0.2, 0.25) is 0 Å². The van der Waals surface area contributed by atoms with Gasteiger partial charge in [0.05, 0.1) is 5.56 Å². The van der Waals surface area contributed by atoms with Crippen LogP contribution in [0.2, 0.25) is 0 Å². The fourth-order valence-corrected chi connectivity index (χ4v) is 1.30. The first kappa shape index (κ1) is 13.5. The van der Waals surface area contributed by atoms with E-state index >= 15 is 0 Å². The zero-order chi connectivity index (χ0) is 13.1. The van der Waals surface area contributed by atoms with E-state index in [0.717, 1.165) is 12.0 Å². The standard InChI is InChI=1S/C13H20N2O2/c1-4-13(3,15)8-17-11-7-9(2)5-6-10(11)12(14)16/h5-7H,4,8,15H2,1-3H3,(H2,14,16). The quantitative estimate of drug-likeness (QED) is 0.815. The van der Waals surface area contributed by atoms with Crippen LogP contribution in [0.1, 0.15) is 36.2 Å². The topological polar surface area (TPSA) is 78.3 Å². The van der Waals surface area contributed by atoms with Crippen LogP contribution in [0.4, 0.5) is 0 Å². The molecule has 17 heavy (non-hydrogen) atoms. The summed E-state index contributed by atoms with van der Waals surface area (Å²) in [5.74, 6) is 0.0119. The Balaban J connectivity index is 2.89. The van der Waals surface area contributed by atoms with Crippen LogP contribution in [0, 0.1) is 6.92 Å². The molecule has 1 amide bonds. The van der Waals surface area contributed by atoms with Crippen molar-refractivity contribution < 1.29 is 9.53 Å². The van der Waals surface area contributed by atoms with Crippen LogP contribution < -0.4 is 16.2 Å². The Morgan fingerprint density at radius 2 is 2.12 bits per heavy atom. The molecule has 0 aromatic heterocycles. The molecule has 0 aliphatic heterocycles. The molecule has 1 atom stereocenters. The molecule has 0 heterocycles. The molecule has 0 saturated carbocycles. The van der Waals surface area contributed by atoms with Crippen molar-refractivity contribution in [3.63, 3.8) is 0 Å². The van der Waals surface area contributed by atoms with Gasteiger partial charge in [-0.25, -0.2) is 0 Å². The van der Waals surface area contributed by atoms with Crippen molar-refractivity contribution in [3.05, 3.63) is 29.3 Å². The van der Waals surface area contributed by atoms with Gasteiger partial charge >= 0.3 is 0 Å². The number of rotatable bonds is 5. The SMILES string of the molecule is CCC(C)(N)COc1cc(C)ccc1C(N)=O. The Labute approximate surface area is 102 Å². The van der Waals surface area contributed by atoms with E-state index in [4.69, 9.17) is 16.2 Å². The molecule has 4 nitrogen and oxygen atoms in total. The van der Waals surface area contributed by atoms with E-state index in [9.17, 15) is 4.79 Å². The Morgan fingerprint density at radius 3 is 2.65 bits per heavy atom. The number of amides is 1. The summed E-state index contributed by atoms with van der Waals surface area (Å²) in [5, 5.41) is 0. The number of carbonyl (C=O) groups is 1. The summed E-state index contributed by atoms with van der Waals surface area (Å²) < 4.78 is 5.61. The third kappa shape index (κ3) is 3.75. The average Bonchev–Trinajstić information content (AvgIpc) is 2.26. The molecule has 0 fully saturated rings. The van der Waals surface area contributed by atoms with Gasteiger partial charge in [0.1, 0.15) is 12.4 Å². The minimum Gasteiger partial charge on any atom is -0.491 e. The first-order chi connectivity index (χ1) is 7.85. The largest absolute Gasteiger partial charge is 0.491 e. The molecule has 1 aromatic rings. The number of hydrogen-bond acceptors (Lipinski definition) is 3. The summed E-state index contributed by atoms with van der Waals surface area (Å²) >= 11 is 0. The highest BCUT2D eigenvalue weighted by Crippen LogP contribution is 2.21. The lowest BCUT2D eigenvalue weighted by atomic mass is 10.0. The predicted octanol–water partition coefficient (Wildman–Crippen LogP) is 1.60. The Morgan fingerprint density at radius 1 is 1.47 bits per heavy atom. The number of primary amides is 1. The normalized spacial score (nSPS) is 14.1. The Kier molecular flexibility index (Phi) is 4.12. The molecule has 4 heteroatoms. The van der Waals surface area contributed by atoms with Crippen LogP contribution in [0.5, 0.6) is 5.75 Å². The van der Waals surface area contributed by atoms with Gasteiger partial charge in [-0.05, 0) is 38.0 Å². The smallest absolute Gasteiger partial charge is 0.252 e. The molecular formula is C13H20N2O2. The van der Waals surface area contributed by atoms with Gasteiger partial charge in [-0.2, -0.15) is 0 Å². The number of aryl methyl sites for hydroxylation is 1. The number of carbonyl (C=O) groups excluding carboxylic acids is 1. The highest BCUT2D eigenvalue weighted by atomic mass is 16.5. The van der Waals surface area contributed by atoms with Gasteiger partial charge < -0.3 is 16.2 Å². The molecule has 0 aliphatic rings. The van der Waals surface area contributed by atoms with Crippen LogP contribution in [-0.2, 0) is 0 Å².